The summed E-state index contributed by atoms with van der Waals surface area (Å²) in [6, 6.07) is 34.5. The van der Waals surface area contributed by atoms with Gasteiger partial charge in [0.15, 0.2) is 5.78 Å². The van der Waals surface area contributed by atoms with E-state index in [0.717, 1.165) is 11.3 Å². The van der Waals surface area contributed by atoms with Gasteiger partial charge in [-0.3, -0.25) is 4.79 Å². The van der Waals surface area contributed by atoms with Crippen LogP contribution < -0.4 is 0 Å². The molecule has 0 spiro atoms. The summed E-state index contributed by atoms with van der Waals surface area (Å²) >= 11 is 1.88. The van der Waals surface area contributed by atoms with E-state index in [9.17, 15) is 9.90 Å². The van der Waals surface area contributed by atoms with E-state index < -0.39 is 5.41 Å². The Balaban J connectivity index is 0.000000277. The fourth-order valence-corrected chi connectivity index (χ4v) is 7.18. The van der Waals surface area contributed by atoms with E-state index in [1.54, 1.807) is 0 Å². The molecule has 7 aromatic rings. The van der Waals surface area contributed by atoms with Crippen molar-refractivity contribution in [3.05, 3.63) is 115 Å². The minimum Gasteiger partial charge on any atom is -0.512 e. The quantitative estimate of drug-likeness (QED) is 0.0835. The van der Waals surface area contributed by atoms with Gasteiger partial charge >= 0.3 is 0 Å². The normalized spacial score (nSPS) is 12.5. The first-order valence-corrected chi connectivity index (χ1v) is 17.1. The molecule has 3 nitrogen and oxygen atoms in total. The molecule has 7 rings (SSSR count). The second-order valence-electron chi connectivity index (χ2n) is 14.7. The van der Waals surface area contributed by atoms with Crippen LogP contribution in [0.15, 0.2) is 103 Å². The Morgan fingerprint density at radius 1 is 0.750 bits per heavy atom. The van der Waals surface area contributed by atoms with Gasteiger partial charge in [-0.2, -0.15) is 11.3 Å². The number of nitrogens with zero attached hydrogens (tertiary/aromatic N) is 1. The number of hydrogen-bond acceptors (Lipinski definition) is 4. The number of hydrogen-bond donors (Lipinski definition) is 1. The zero-order chi connectivity index (χ0) is 33.7. The Labute approximate surface area is 301 Å². The van der Waals surface area contributed by atoms with Crippen molar-refractivity contribution in [3.8, 4) is 11.3 Å². The Morgan fingerprint density at radius 3 is 2.04 bits per heavy atom. The summed E-state index contributed by atoms with van der Waals surface area (Å²) in [4.78, 5) is 16.4. The summed E-state index contributed by atoms with van der Waals surface area (Å²) in [6.45, 7) is 15.6. The summed E-state index contributed by atoms with van der Waals surface area (Å²) in [5, 5.41) is 19.7. The standard InChI is InChI=1S/C32H22NS.C11H20O2.Ir/c1-19(2)28-17-21(18-29-26-9-5-6-10-30(26)34-32(28)29)31-27-14-13-23-22-8-4-3-7-20(22)11-12-24(23)25(27)15-16-33-31;1-10(2,3)8(12)7-9(13)11(4,5)6;/h3-16,18-19H,1-2H3;7,12H,1-6H3;/q-1;;/b;8-7-;. The molecule has 0 saturated carbocycles. The van der Waals surface area contributed by atoms with Gasteiger partial charge in [0.1, 0.15) is 5.76 Å². The second kappa shape index (κ2) is 13.6. The molecule has 247 valence electrons. The Bertz CT molecular complexity index is 2330. The van der Waals surface area contributed by atoms with Gasteiger partial charge in [0, 0.05) is 47.9 Å². The van der Waals surface area contributed by atoms with Crippen molar-refractivity contribution in [2.75, 3.05) is 0 Å². The fraction of sp³-hybridized carbons (Fsp3) is 0.256. The van der Waals surface area contributed by atoms with E-state index >= 15 is 0 Å². The number of aliphatic hydroxyl groups excluding tert-OH is 1. The average Bonchev–Trinajstić information content (AvgIpc) is 3.41. The van der Waals surface area contributed by atoms with Crippen LogP contribution in [0.2, 0.25) is 0 Å². The number of pyridine rings is 1. The van der Waals surface area contributed by atoms with E-state index in [0.29, 0.717) is 5.92 Å². The molecule has 0 aliphatic rings. The molecule has 2 aromatic heterocycles. The molecule has 0 bridgehead atoms. The van der Waals surface area contributed by atoms with E-state index in [2.05, 4.69) is 105 Å². The number of carbonyl (C=O) groups is 1. The zero-order valence-corrected chi connectivity index (χ0v) is 32.1. The van der Waals surface area contributed by atoms with Crippen molar-refractivity contribution in [1.29, 1.82) is 0 Å². The Hall–Kier alpha value is -3.89. The molecule has 0 unspecified atom stereocenters. The van der Waals surface area contributed by atoms with E-state index in [4.69, 9.17) is 4.98 Å². The largest absolute Gasteiger partial charge is 0.512 e. The van der Waals surface area contributed by atoms with E-state index in [-0.39, 0.29) is 37.1 Å². The topological polar surface area (TPSA) is 50.2 Å². The maximum absolute atomic E-state index is 11.5. The number of aromatic nitrogens is 1. The molecule has 2 heterocycles. The molecule has 1 N–H and O–H groups in total. The van der Waals surface area contributed by atoms with Gasteiger partial charge in [0.05, 0.1) is 0 Å². The second-order valence-corrected chi connectivity index (χ2v) is 15.7. The van der Waals surface area contributed by atoms with Crippen LogP contribution in [0.4, 0.5) is 0 Å². The van der Waals surface area contributed by atoms with Crippen LogP contribution >= 0.6 is 11.3 Å². The number of thiophene rings is 1. The molecule has 0 amide bonds. The van der Waals surface area contributed by atoms with Gasteiger partial charge in [-0.1, -0.05) is 128 Å². The summed E-state index contributed by atoms with van der Waals surface area (Å²) in [5.41, 5.74) is 2.59. The van der Waals surface area contributed by atoms with Gasteiger partial charge in [0.2, 0.25) is 0 Å². The van der Waals surface area contributed by atoms with Crippen LogP contribution in [-0.4, -0.2) is 15.9 Å². The van der Waals surface area contributed by atoms with Crippen molar-refractivity contribution >= 4 is 69.6 Å². The third-order valence-electron chi connectivity index (χ3n) is 8.71. The van der Waals surface area contributed by atoms with Gasteiger partial charge in [-0.25, -0.2) is 0 Å². The number of allylic oxidation sites excluding steroid dienone is 2. The van der Waals surface area contributed by atoms with Gasteiger partial charge in [-0.05, 0) is 66.1 Å². The maximum Gasteiger partial charge on any atom is 0.164 e. The van der Waals surface area contributed by atoms with Crippen molar-refractivity contribution < 1.29 is 30.0 Å². The van der Waals surface area contributed by atoms with Crippen LogP contribution in [0.3, 0.4) is 0 Å². The minimum absolute atomic E-state index is 0. The maximum atomic E-state index is 11.5. The first-order valence-electron chi connectivity index (χ1n) is 16.3. The predicted octanol–water partition coefficient (Wildman–Crippen LogP) is 12.6. The Kier molecular flexibility index (Phi) is 10.00. The van der Waals surface area contributed by atoms with Crippen LogP contribution in [0.5, 0.6) is 0 Å². The molecule has 5 aromatic carbocycles. The molecule has 0 aliphatic carbocycles. The number of fused-ring (bicyclic) bond motifs is 8. The molecule has 0 aliphatic heterocycles. The molecule has 48 heavy (non-hydrogen) atoms. The van der Waals surface area contributed by atoms with Crippen LogP contribution in [0.1, 0.15) is 66.9 Å². The van der Waals surface area contributed by atoms with E-state index in [1.807, 2.05) is 59.1 Å². The van der Waals surface area contributed by atoms with Crippen LogP contribution in [0, 0.1) is 16.9 Å². The summed E-state index contributed by atoms with van der Waals surface area (Å²) in [5.74, 6) is 0.491. The number of aliphatic hydroxyl groups is 1. The van der Waals surface area contributed by atoms with Gasteiger partial charge < -0.3 is 10.1 Å². The molecular weight excluding hydrogens is 787 g/mol. The van der Waals surface area contributed by atoms with Crippen LogP contribution in [0.25, 0.3) is 63.7 Å². The monoisotopic (exact) mass is 829 g/mol. The average molecular weight is 829 g/mol. The summed E-state index contributed by atoms with van der Waals surface area (Å²) in [6.07, 6.45) is 3.28. The van der Waals surface area contributed by atoms with Crippen molar-refractivity contribution in [2.45, 2.75) is 61.3 Å². The summed E-state index contributed by atoms with van der Waals surface area (Å²) < 4.78 is 2.67. The zero-order valence-electron chi connectivity index (χ0n) is 28.9. The smallest absolute Gasteiger partial charge is 0.164 e. The third-order valence-corrected chi connectivity index (χ3v) is 9.93. The molecule has 0 saturated heterocycles. The first kappa shape index (κ1) is 35.4. The van der Waals surface area contributed by atoms with Crippen molar-refractivity contribution in [2.24, 2.45) is 10.8 Å². The SMILES string of the molecule is CC(C)(C)C(=O)/C=C(\O)C(C)(C)C.CC(C)c1[c-]c(-c2nccc3c2ccc2c4ccccc4ccc32)cc2c1sc1ccccc12.[Ir]. The number of benzene rings is 5. The minimum atomic E-state index is -0.417. The van der Waals surface area contributed by atoms with Crippen molar-refractivity contribution in [3.63, 3.8) is 0 Å². The molecule has 1 radical (unpaired) electrons. The number of carbonyl (C=O) groups excluding carboxylic acids is 1. The summed E-state index contributed by atoms with van der Waals surface area (Å²) in [7, 11) is 0. The van der Waals surface area contributed by atoms with Crippen molar-refractivity contribution in [1.82, 2.24) is 4.98 Å². The molecule has 0 atom stereocenters. The molecule has 0 fully saturated rings. The fourth-order valence-electron chi connectivity index (χ4n) is 5.85. The number of rotatable bonds is 3. The molecular formula is C43H42IrNO2S-. The van der Waals surface area contributed by atoms with Gasteiger partial charge in [0.25, 0.3) is 0 Å². The third kappa shape index (κ3) is 6.83. The van der Waals surface area contributed by atoms with Crippen LogP contribution in [-0.2, 0) is 24.9 Å². The molecule has 5 heteroatoms. The van der Waals surface area contributed by atoms with E-state index in [1.165, 1.54) is 64.1 Å². The van der Waals surface area contributed by atoms with Gasteiger partial charge in [-0.15, -0.1) is 23.3 Å². The number of ketones is 1. The Morgan fingerprint density at radius 2 is 1.35 bits per heavy atom. The first-order chi connectivity index (χ1) is 22.2. The predicted molar refractivity (Wildman–Crippen MR) is 203 cm³/mol.